The van der Waals surface area contributed by atoms with Crippen LogP contribution >= 0.6 is 11.3 Å². The minimum atomic E-state index is 0.325. The minimum absolute atomic E-state index is 0.325. The summed E-state index contributed by atoms with van der Waals surface area (Å²) in [5.74, 6) is 0. The molecule has 0 aliphatic heterocycles. The van der Waals surface area contributed by atoms with Gasteiger partial charge in [0.15, 0.2) is 0 Å². The van der Waals surface area contributed by atoms with Crippen LogP contribution in [0.25, 0.3) is 10.8 Å². The average Bonchev–Trinajstić information content (AvgIpc) is 2.78. The van der Waals surface area contributed by atoms with Crippen LogP contribution in [-0.4, -0.2) is 0 Å². The molecule has 0 radical (unpaired) electrons. The molecule has 0 saturated carbocycles. The maximum atomic E-state index is 3.66. The van der Waals surface area contributed by atoms with E-state index in [1.54, 1.807) is 0 Å². The molecule has 1 heterocycles. The summed E-state index contributed by atoms with van der Waals surface area (Å²) < 4.78 is 0. The number of nitrogens with one attached hydrogen (secondary N) is 1. The highest BCUT2D eigenvalue weighted by Crippen LogP contribution is 2.31. The molecule has 1 aromatic heterocycles. The quantitative estimate of drug-likeness (QED) is 0.650. The van der Waals surface area contributed by atoms with Crippen molar-refractivity contribution >= 4 is 27.8 Å². The second-order valence-electron chi connectivity index (χ2n) is 5.26. The van der Waals surface area contributed by atoms with Crippen LogP contribution in [-0.2, 0) is 0 Å². The molecule has 0 fully saturated rings. The minimum Gasteiger partial charge on any atom is -0.378 e. The van der Waals surface area contributed by atoms with Gasteiger partial charge in [-0.25, -0.2) is 0 Å². The number of hydrogen-bond donors (Lipinski definition) is 1. The summed E-state index contributed by atoms with van der Waals surface area (Å²) in [6, 6.07) is 17.6. The molecule has 102 valence electrons. The number of aryl methyl sites for hydroxylation is 2. The average molecular weight is 281 g/mol. The maximum Gasteiger partial charge on any atom is 0.0496 e. The van der Waals surface area contributed by atoms with Crippen LogP contribution in [0.5, 0.6) is 0 Å². The first-order chi connectivity index (χ1) is 9.65. The number of fused-ring (bicyclic) bond motifs is 1. The van der Waals surface area contributed by atoms with Crippen molar-refractivity contribution in [3.8, 4) is 0 Å². The number of benzene rings is 2. The summed E-state index contributed by atoms with van der Waals surface area (Å²) in [7, 11) is 0. The largest absolute Gasteiger partial charge is 0.378 e. The molecule has 1 N–H and O–H groups in total. The van der Waals surface area contributed by atoms with E-state index in [1.807, 2.05) is 11.3 Å². The Hall–Kier alpha value is -1.80. The molecule has 3 aromatic rings. The van der Waals surface area contributed by atoms with E-state index >= 15 is 0 Å². The van der Waals surface area contributed by atoms with Gasteiger partial charge >= 0.3 is 0 Å². The van der Waals surface area contributed by atoms with E-state index in [0.717, 1.165) is 0 Å². The SMILES string of the molecule is Cc1cc(C(C)Nc2cccc3ccccc23)c(C)s1. The molecular formula is C18H19NS. The summed E-state index contributed by atoms with van der Waals surface area (Å²) in [6.07, 6.45) is 0. The molecule has 1 atom stereocenters. The van der Waals surface area contributed by atoms with Crippen LogP contribution in [0.4, 0.5) is 5.69 Å². The Bertz CT molecular complexity index is 737. The van der Waals surface area contributed by atoms with Crippen molar-refractivity contribution in [1.82, 2.24) is 0 Å². The van der Waals surface area contributed by atoms with Crippen molar-refractivity contribution in [2.75, 3.05) is 5.32 Å². The zero-order chi connectivity index (χ0) is 14.1. The van der Waals surface area contributed by atoms with Crippen molar-refractivity contribution in [1.29, 1.82) is 0 Å². The first kappa shape index (κ1) is 13.2. The highest BCUT2D eigenvalue weighted by molar-refractivity contribution is 7.12. The molecule has 1 unspecified atom stereocenters. The normalized spacial score (nSPS) is 12.6. The van der Waals surface area contributed by atoms with Crippen LogP contribution in [0.15, 0.2) is 48.5 Å². The molecule has 20 heavy (non-hydrogen) atoms. The van der Waals surface area contributed by atoms with E-state index in [2.05, 4.69) is 74.6 Å². The Kier molecular flexibility index (Phi) is 3.49. The molecular weight excluding hydrogens is 262 g/mol. The Morgan fingerprint density at radius 3 is 2.50 bits per heavy atom. The van der Waals surface area contributed by atoms with Gasteiger partial charge in [0.25, 0.3) is 0 Å². The fraction of sp³-hybridized carbons (Fsp3) is 0.222. The van der Waals surface area contributed by atoms with Crippen LogP contribution in [0.2, 0.25) is 0 Å². The third-order valence-electron chi connectivity index (χ3n) is 3.71. The summed E-state index contributed by atoms with van der Waals surface area (Å²) in [4.78, 5) is 2.78. The number of hydrogen-bond acceptors (Lipinski definition) is 2. The lowest BCUT2D eigenvalue weighted by Crippen LogP contribution is -2.07. The predicted octanol–water partition coefficient (Wildman–Crippen LogP) is 5.69. The molecule has 0 aliphatic carbocycles. The van der Waals surface area contributed by atoms with E-state index in [4.69, 9.17) is 0 Å². The molecule has 0 aliphatic rings. The molecule has 0 saturated heterocycles. The fourth-order valence-corrected chi connectivity index (χ4v) is 3.77. The molecule has 1 nitrogen and oxygen atoms in total. The van der Waals surface area contributed by atoms with Gasteiger partial charge < -0.3 is 5.32 Å². The van der Waals surface area contributed by atoms with E-state index in [9.17, 15) is 0 Å². The standard InChI is InChI=1S/C18H19NS/c1-12-11-17(14(3)20-12)13(2)19-18-10-6-8-15-7-4-5-9-16(15)18/h4-11,13,19H,1-3H3. The highest BCUT2D eigenvalue weighted by atomic mass is 32.1. The van der Waals surface area contributed by atoms with Crippen molar-refractivity contribution in [3.05, 3.63) is 63.8 Å². The third-order valence-corrected chi connectivity index (χ3v) is 4.69. The zero-order valence-electron chi connectivity index (χ0n) is 12.1. The molecule has 0 spiro atoms. The van der Waals surface area contributed by atoms with Gasteiger partial charge in [0, 0.05) is 26.9 Å². The molecule has 2 heteroatoms. The first-order valence-electron chi connectivity index (χ1n) is 6.96. The zero-order valence-corrected chi connectivity index (χ0v) is 12.9. The summed E-state index contributed by atoms with van der Waals surface area (Å²) in [5, 5.41) is 6.23. The number of thiophene rings is 1. The smallest absolute Gasteiger partial charge is 0.0496 e. The van der Waals surface area contributed by atoms with Gasteiger partial charge in [-0.15, -0.1) is 11.3 Å². The van der Waals surface area contributed by atoms with Crippen molar-refractivity contribution < 1.29 is 0 Å². The van der Waals surface area contributed by atoms with Crippen molar-refractivity contribution in [2.45, 2.75) is 26.8 Å². The second kappa shape index (κ2) is 5.29. The summed E-state index contributed by atoms with van der Waals surface area (Å²) in [5.41, 5.74) is 2.61. The Morgan fingerprint density at radius 1 is 1.00 bits per heavy atom. The van der Waals surface area contributed by atoms with Crippen molar-refractivity contribution in [3.63, 3.8) is 0 Å². The van der Waals surface area contributed by atoms with Crippen LogP contribution < -0.4 is 5.32 Å². The topological polar surface area (TPSA) is 12.0 Å². The van der Waals surface area contributed by atoms with Gasteiger partial charge in [-0.2, -0.15) is 0 Å². The predicted molar refractivity (Wildman–Crippen MR) is 89.8 cm³/mol. The van der Waals surface area contributed by atoms with E-state index in [1.165, 1.54) is 31.8 Å². The monoisotopic (exact) mass is 281 g/mol. The van der Waals surface area contributed by atoms with E-state index in [-0.39, 0.29) is 0 Å². The lowest BCUT2D eigenvalue weighted by atomic mass is 10.1. The fourth-order valence-electron chi connectivity index (χ4n) is 2.74. The molecule has 0 bridgehead atoms. The van der Waals surface area contributed by atoms with Crippen molar-refractivity contribution in [2.24, 2.45) is 0 Å². The van der Waals surface area contributed by atoms with Gasteiger partial charge in [0.1, 0.15) is 0 Å². The summed E-state index contributed by atoms with van der Waals surface area (Å²) in [6.45, 7) is 6.61. The van der Waals surface area contributed by atoms with E-state index < -0.39 is 0 Å². The van der Waals surface area contributed by atoms with Crippen LogP contribution in [0.3, 0.4) is 0 Å². The Morgan fingerprint density at radius 2 is 1.75 bits per heavy atom. The van der Waals surface area contributed by atoms with Gasteiger partial charge in [-0.05, 0) is 43.9 Å². The Labute approximate surface area is 124 Å². The number of rotatable bonds is 3. The summed E-state index contributed by atoms with van der Waals surface area (Å²) >= 11 is 1.87. The molecule has 3 rings (SSSR count). The van der Waals surface area contributed by atoms with Gasteiger partial charge in [0.05, 0.1) is 0 Å². The maximum absolute atomic E-state index is 3.66. The lowest BCUT2D eigenvalue weighted by molar-refractivity contribution is 0.884. The second-order valence-corrected chi connectivity index (χ2v) is 6.72. The van der Waals surface area contributed by atoms with Gasteiger partial charge in [-0.3, -0.25) is 0 Å². The lowest BCUT2D eigenvalue weighted by Gasteiger charge is -2.17. The number of anilines is 1. The molecule has 0 amide bonds. The highest BCUT2D eigenvalue weighted by Gasteiger charge is 2.12. The van der Waals surface area contributed by atoms with E-state index in [0.29, 0.717) is 6.04 Å². The van der Waals surface area contributed by atoms with Crippen LogP contribution in [0, 0.1) is 13.8 Å². The third kappa shape index (κ3) is 2.44. The molecule has 2 aromatic carbocycles. The Balaban J connectivity index is 1.95. The van der Waals surface area contributed by atoms with Crippen LogP contribution in [0.1, 0.15) is 28.3 Å². The first-order valence-corrected chi connectivity index (χ1v) is 7.78. The van der Waals surface area contributed by atoms with Gasteiger partial charge in [-0.1, -0.05) is 36.4 Å². The van der Waals surface area contributed by atoms with Gasteiger partial charge in [0.2, 0.25) is 0 Å².